The fourth-order valence-electron chi connectivity index (χ4n) is 5.75. The van der Waals surface area contributed by atoms with Crippen molar-refractivity contribution in [3.63, 3.8) is 0 Å². The number of rotatable bonds is 11. The predicted octanol–water partition coefficient (Wildman–Crippen LogP) is 5.30. The number of aromatic nitrogens is 4. The smallest absolute Gasteiger partial charge is 0.229 e. The van der Waals surface area contributed by atoms with Gasteiger partial charge in [0.05, 0.1) is 23.8 Å². The third kappa shape index (κ3) is 5.60. The van der Waals surface area contributed by atoms with Crippen molar-refractivity contribution in [2.45, 2.75) is 37.8 Å². The first-order valence-corrected chi connectivity index (χ1v) is 14.5. The van der Waals surface area contributed by atoms with E-state index in [1.807, 2.05) is 19.2 Å². The zero-order valence-corrected chi connectivity index (χ0v) is 24.8. The van der Waals surface area contributed by atoms with Crippen molar-refractivity contribution < 1.29 is 4.74 Å². The minimum absolute atomic E-state index is 0.473. The Hall–Kier alpha value is -4.28. The van der Waals surface area contributed by atoms with Crippen LogP contribution in [0.15, 0.2) is 49.4 Å². The van der Waals surface area contributed by atoms with Crippen LogP contribution in [0.5, 0.6) is 5.75 Å². The Morgan fingerprint density at radius 2 is 1.90 bits per heavy atom. The van der Waals surface area contributed by atoms with Crippen molar-refractivity contribution in [1.82, 2.24) is 30.2 Å². The molecule has 3 heterocycles. The molecule has 1 aliphatic heterocycles. The quantitative estimate of drug-likeness (QED) is 0.222. The van der Waals surface area contributed by atoms with Crippen molar-refractivity contribution in [3.05, 3.63) is 66.1 Å². The van der Waals surface area contributed by atoms with Gasteiger partial charge in [0.1, 0.15) is 11.6 Å². The molecule has 1 saturated carbocycles. The molecule has 1 unspecified atom stereocenters. The minimum atomic E-state index is 0.473. The molecule has 0 spiro atoms. The number of fused-ring (bicyclic) bond motifs is 1. The molecule has 1 aliphatic carbocycles. The molecule has 2 aromatic carbocycles. The van der Waals surface area contributed by atoms with Crippen molar-refractivity contribution >= 4 is 45.9 Å². The van der Waals surface area contributed by atoms with Crippen LogP contribution in [0.25, 0.3) is 17.1 Å². The van der Waals surface area contributed by atoms with Crippen LogP contribution in [0.1, 0.15) is 41.9 Å². The maximum absolute atomic E-state index is 5.89. The summed E-state index contributed by atoms with van der Waals surface area (Å²) in [5.74, 6) is 2.47. The highest BCUT2D eigenvalue weighted by Crippen LogP contribution is 2.48. The van der Waals surface area contributed by atoms with Crippen molar-refractivity contribution in [2.24, 2.45) is 0 Å². The molecular formula is C32H39N9O. The first kappa shape index (κ1) is 27.9. The SMILES string of the molecule is C=Cc1cnc(Nc2cc(C3CC3)c(N3CCC(N(C)C)C3)cc2OC)nc1Nc1ccc2nccnc2c1CNC. The Kier molecular flexibility index (Phi) is 7.90. The molecular weight excluding hydrogens is 526 g/mol. The van der Waals surface area contributed by atoms with Crippen molar-refractivity contribution in [2.75, 3.05) is 56.9 Å². The van der Waals surface area contributed by atoms with Gasteiger partial charge in [0, 0.05) is 72.8 Å². The summed E-state index contributed by atoms with van der Waals surface area (Å²) in [5, 5.41) is 10.2. The van der Waals surface area contributed by atoms with Gasteiger partial charge in [-0.3, -0.25) is 9.97 Å². The van der Waals surface area contributed by atoms with E-state index in [0.717, 1.165) is 52.4 Å². The topological polar surface area (TPSA) is 103 Å². The summed E-state index contributed by atoms with van der Waals surface area (Å²) in [6.45, 7) is 6.68. The number of nitrogens with one attached hydrogen (secondary N) is 3. The Bertz CT molecular complexity index is 1600. The van der Waals surface area contributed by atoms with Crippen LogP contribution < -0.4 is 25.6 Å². The van der Waals surface area contributed by atoms with Crippen LogP contribution in [0.4, 0.5) is 28.8 Å². The maximum atomic E-state index is 5.89. The molecule has 218 valence electrons. The Labute approximate surface area is 247 Å². The van der Waals surface area contributed by atoms with Gasteiger partial charge >= 0.3 is 0 Å². The number of anilines is 5. The molecule has 0 radical (unpaired) electrons. The highest BCUT2D eigenvalue weighted by Gasteiger charge is 2.32. The van der Waals surface area contributed by atoms with Crippen LogP contribution in [-0.2, 0) is 6.54 Å². The number of hydrogen-bond acceptors (Lipinski definition) is 10. The lowest BCUT2D eigenvalue weighted by Gasteiger charge is -2.26. The van der Waals surface area contributed by atoms with Gasteiger partial charge in [-0.2, -0.15) is 4.98 Å². The summed E-state index contributed by atoms with van der Waals surface area (Å²) in [4.78, 5) is 23.4. The summed E-state index contributed by atoms with van der Waals surface area (Å²) in [5.41, 5.74) is 7.90. The molecule has 1 atom stereocenters. The molecule has 0 amide bonds. The Balaban J connectivity index is 1.32. The summed E-state index contributed by atoms with van der Waals surface area (Å²) in [6, 6.07) is 8.96. The van der Waals surface area contributed by atoms with Gasteiger partial charge in [-0.15, -0.1) is 0 Å². The van der Waals surface area contributed by atoms with Gasteiger partial charge in [0.15, 0.2) is 0 Å². The molecule has 0 bridgehead atoms. The first-order chi connectivity index (χ1) is 20.5. The maximum Gasteiger partial charge on any atom is 0.229 e. The van der Waals surface area contributed by atoms with E-state index in [1.165, 1.54) is 30.5 Å². The molecule has 3 N–H and O–H groups in total. The second kappa shape index (κ2) is 11.9. The summed E-state index contributed by atoms with van der Waals surface area (Å²) in [7, 11) is 7.97. The van der Waals surface area contributed by atoms with Crippen LogP contribution in [-0.4, -0.2) is 72.2 Å². The average molecular weight is 566 g/mol. The first-order valence-electron chi connectivity index (χ1n) is 14.5. The van der Waals surface area contributed by atoms with E-state index in [4.69, 9.17) is 9.72 Å². The lowest BCUT2D eigenvalue weighted by atomic mass is 10.1. The van der Waals surface area contributed by atoms with Gasteiger partial charge in [0.25, 0.3) is 0 Å². The molecule has 1 saturated heterocycles. The van der Waals surface area contributed by atoms with Gasteiger partial charge < -0.3 is 30.5 Å². The molecule has 10 nitrogen and oxygen atoms in total. The number of benzene rings is 2. The summed E-state index contributed by atoms with van der Waals surface area (Å²) in [6.07, 6.45) is 10.5. The predicted molar refractivity (Wildman–Crippen MR) is 170 cm³/mol. The molecule has 6 rings (SSSR count). The molecule has 10 heteroatoms. The average Bonchev–Trinajstić information content (AvgIpc) is 3.73. The van der Waals surface area contributed by atoms with E-state index in [9.17, 15) is 0 Å². The number of methoxy groups -OCH3 is 1. The zero-order chi connectivity index (χ0) is 29.2. The number of hydrogen-bond donors (Lipinski definition) is 3. The van der Waals surface area contributed by atoms with Crippen molar-refractivity contribution in [3.8, 4) is 5.75 Å². The molecule has 4 aromatic rings. The van der Waals surface area contributed by atoms with Gasteiger partial charge in [-0.05, 0) is 70.1 Å². The van der Waals surface area contributed by atoms with E-state index in [0.29, 0.717) is 30.3 Å². The lowest BCUT2D eigenvalue weighted by Crippen LogP contribution is -2.31. The second-order valence-electron chi connectivity index (χ2n) is 11.2. The standard InChI is InChI=1S/C32H39N9O/c1-6-20-17-36-32(39-31(20)37-25-9-10-26-30(24(25)18-33-2)35-13-12-34-26)38-27-15-23(21-7-8-21)28(16-29(27)42-5)41-14-11-22(19-41)40(3)4/h6,9-10,12-13,15-17,21-22,33H,1,7-8,11,14,18-19H2,2-5H3,(H2,36,37,38,39). The van der Waals surface area contributed by atoms with Crippen LogP contribution in [0.3, 0.4) is 0 Å². The highest BCUT2D eigenvalue weighted by molar-refractivity contribution is 5.85. The second-order valence-corrected chi connectivity index (χ2v) is 11.2. The van der Waals surface area contributed by atoms with Gasteiger partial charge in [-0.25, -0.2) is 4.98 Å². The molecule has 2 aliphatic rings. The van der Waals surface area contributed by atoms with E-state index in [1.54, 1.807) is 31.8 Å². The van der Waals surface area contributed by atoms with Gasteiger partial charge in [-0.1, -0.05) is 12.7 Å². The molecule has 2 fully saturated rings. The normalized spacial score (nSPS) is 16.7. The lowest BCUT2D eigenvalue weighted by molar-refractivity contribution is 0.315. The fraction of sp³-hybridized carbons (Fsp3) is 0.375. The Morgan fingerprint density at radius 1 is 1.07 bits per heavy atom. The van der Waals surface area contributed by atoms with E-state index >= 15 is 0 Å². The van der Waals surface area contributed by atoms with E-state index < -0.39 is 0 Å². The van der Waals surface area contributed by atoms with E-state index in [-0.39, 0.29) is 0 Å². The van der Waals surface area contributed by atoms with Crippen LogP contribution in [0.2, 0.25) is 0 Å². The zero-order valence-electron chi connectivity index (χ0n) is 24.8. The number of nitrogens with zero attached hydrogens (tertiary/aromatic N) is 6. The molecule has 2 aromatic heterocycles. The third-order valence-electron chi connectivity index (χ3n) is 8.24. The number of ether oxygens (including phenoxy) is 1. The monoisotopic (exact) mass is 565 g/mol. The fourth-order valence-corrected chi connectivity index (χ4v) is 5.75. The highest BCUT2D eigenvalue weighted by atomic mass is 16.5. The van der Waals surface area contributed by atoms with Crippen LogP contribution >= 0.6 is 0 Å². The summed E-state index contributed by atoms with van der Waals surface area (Å²) >= 11 is 0. The van der Waals surface area contributed by atoms with Crippen molar-refractivity contribution in [1.29, 1.82) is 0 Å². The minimum Gasteiger partial charge on any atom is -0.494 e. The van der Waals surface area contributed by atoms with E-state index in [2.05, 4.69) is 73.5 Å². The molecule has 42 heavy (non-hydrogen) atoms. The van der Waals surface area contributed by atoms with Crippen LogP contribution in [0, 0.1) is 0 Å². The third-order valence-corrected chi connectivity index (χ3v) is 8.24. The summed E-state index contributed by atoms with van der Waals surface area (Å²) < 4.78 is 5.89. The van der Waals surface area contributed by atoms with Gasteiger partial charge in [0.2, 0.25) is 5.95 Å². The number of likely N-dealkylation sites (N-methyl/N-ethyl adjacent to an activating group) is 1. The Morgan fingerprint density at radius 3 is 2.62 bits per heavy atom. The largest absolute Gasteiger partial charge is 0.494 e.